The summed E-state index contributed by atoms with van der Waals surface area (Å²) in [6.45, 7) is 1.42. The number of hydrogen-bond donors (Lipinski definition) is 1. The molecule has 0 bridgehead atoms. The first-order valence-corrected chi connectivity index (χ1v) is 5.77. The third-order valence-electron chi connectivity index (χ3n) is 3.08. The van der Waals surface area contributed by atoms with Gasteiger partial charge in [-0.05, 0) is 42.8 Å². The average molecular weight is 264 g/mol. The van der Waals surface area contributed by atoms with Crippen LogP contribution in [0.2, 0.25) is 0 Å². The molecule has 0 aromatic heterocycles. The van der Waals surface area contributed by atoms with Gasteiger partial charge in [0.25, 0.3) is 0 Å². The monoisotopic (exact) mass is 264 g/mol. The number of rotatable bonds is 3. The highest BCUT2D eigenvalue weighted by molar-refractivity contribution is 5.39. The van der Waals surface area contributed by atoms with Crippen molar-refractivity contribution in [1.29, 1.82) is 0 Å². The minimum Gasteiger partial charge on any atom is -0.497 e. The molecule has 2 rings (SSSR count). The van der Waals surface area contributed by atoms with E-state index in [4.69, 9.17) is 4.74 Å². The molecular formula is C15H14F2O2. The first kappa shape index (κ1) is 13.5. The van der Waals surface area contributed by atoms with Crippen LogP contribution in [-0.4, -0.2) is 12.2 Å². The largest absolute Gasteiger partial charge is 0.497 e. The smallest absolute Gasteiger partial charge is 0.129 e. The molecule has 2 aromatic carbocycles. The molecule has 0 aliphatic rings. The van der Waals surface area contributed by atoms with E-state index in [1.165, 1.54) is 14.0 Å². The van der Waals surface area contributed by atoms with Gasteiger partial charge in [-0.2, -0.15) is 0 Å². The van der Waals surface area contributed by atoms with Gasteiger partial charge in [0, 0.05) is 5.56 Å². The van der Waals surface area contributed by atoms with Gasteiger partial charge in [0.15, 0.2) is 0 Å². The number of aliphatic hydroxyl groups is 1. The Bertz CT molecular complexity index is 594. The summed E-state index contributed by atoms with van der Waals surface area (Å²) in [5.41, 5.74) is -1.32. The fourth-order valence-corrected chi connectivity index (χ4v) is 1.95. The van der Waals surface area contributed by atoms with Crippen molar-refractivity contribution in [1.82, 2.24) is 0 Å². The highest BCUT2D eigenvalue weighted by Gasteiger charge is 2.29. The van der Waals surface area contributed by atoms with Crippen LogP contribution in [0, 0.1) is 11.6 Å². The molecule has 19 heavy (non-hydrogen) atoms. The van der Waals surface area contributed by atoms with E-state index in [0.29, 0.717) is 11.3 Å². The molecule has 0 heterocycles. The van der Waals surface area contributed by atoms with Crippen LogP contribution in [-0.2, 0) is 5.60 Å². The zero-order chi connectivity index (χ0) is 14.0. The van der Waals surface area contributed by atoms with Crippen molar-refractivity contribution >= 4 is 0 Å². The van der Waals surface area contributed by atoms with Crippen LogP contribution in [0.4, 0.5) is 8.78 Å². The average Bonchev–Trinajstić information content (AvgIpc) is 2.41. The summed E-state index contributed by atoms with van der Waals surface area (Å²) in [6, 6.07) is 9.62. The minimum atomic E-state index is -1.64. The summed E-state index contributed by atoms with van der Waals surface area (Å²) in [4.78, 5) is 0. The lowest BCUT2D eigenvalue weighted by molar-refractivity contribution is 0.0972. The number of ether oxygens (including phenoxy) is 1. The first-order valence-electron chi connectivity index (χ1n) is 5.77. The number of halogens is 2. The van der Waals surface area contributed by atoms with Crippen molar-refractivity contribution in [3.05, 3.63) is 65.2 Å². The topological polar surface area (TPSA) is 29.5 Å². The maximum Gasteiger partial charge on any atom is 0.129 e. The second-order valence-corrected chi connectivity index (χ2v) is 4.43. The standard InChI is InChI=1S/C15H14F2O2/c1-15(18,10-4-3-5-12(8-10)19-2)13-9-11(16)6-7-14(13)17/h3-9,18H,1-2H3. The second-order valence-electron chi connectivity index (χ2n) is 4.43. The van der Waals surface area contributed by atoms with Crippen LogP contribution < -0.4 is 4.74 Å². The van der Waals surface area contributed by atoms with Gasteiger partial charge in [-0.15, -0.1) is 0 Å². The van der Waals surface area contributed by atoms with Crippen LogP contribution in [0.3, 0.4) is 0 Å². The number of benzene rings is 2. The number of methoxy groups -OCH3 is 1. The quantitative estimate of drug-likeness (QED) is 0.922. The molecule has 100 valence electrons. The molecule has 1 atom stereocenters. The van der Waals surface area contributed by atoms with E-state index < -0.39 is 17.2 Å². The Hall–Kier alpha value is -1.94. The molecule has 1 unspecified atom stereocenters. The predicted molar refractivity (Wildman–Crippen MR) is 68.0 cm³/mol. The highest BCUT2D eigenvalue weighted by atomic mass is 19.1. The summed E-state index contributed by atoms with van der Waals surface area (Å²) >= 11 is 0. The Labute approximate surface area is 110 Å². The highest BCUT2D eigenvalue weighted by Crippen LogP contribution is 2.32. The van der Waals surface area contributed by atoms with Crippen LogP contribution in [0.5, 0.6) is 5.75 Å². The molecule has 0 aliphatic carbocycles. The maximum atomic E-state index is 13.8. The van der Waals surface area contributed by atoms with E-state index in [-0.39, 0.29) is 5.56 Å². The molecule has 1 N–H and O–H groups in total. The molecule has 2 nitrogen and oxygen atoms in total. The van der Waals surface area contributed by atoms with Crippen LogP contribution in [0.15, 0.2) is 42.5 Å². The molecule has 0 saturated carbocycles. The fourth-order valence-electron chi connectivity index (χ4n) is 1.95. The SMILES string of the molecule is COc1cccc(C(C)(O)c2cc(F)ccc2F)c1. The maximum absolute atomic E-state index is 13.8. The zero-order valence-electron chi connectivity index (χ0n) is 10.7. The van der Waals surface area contributed by atoms with Gasteiger partial charge in [-0.1, -0.05) is 12.1 Å². The van der Waals surface area contributed by atoms with E-state index in [1.54, 1.807) is 24.3 Å². The lowest BCUT2D eigenvalue weighted by Gasteiger charge is -2.25. The van der Waals surface area contributed by atoms with Crippen molar-refractivity contribution in [2.75, 3.05) is 7.11 Å². The van der Waals surface area contributed by atoms with Crippen LogP contribution in [0.1, 0.15) is 18.1 Å². The summed E-state index contributed by atoms with van der Waals surface area (Å²) in [5, 5.41) is 10.5. The minimum absolute atomic E-state index is 0.110. The molecule has 0 aliphatic heterocycles. The van der Waals surface area contributed by atoms with Crippen molar-refractivity contribution in [3.8, 4) is 5.75 Å². The van der Waals surface area contributed by atoms with Gasteiger partial charge in [0.2, 0.25) is 0 Å². The zero-order valence-corrected chi connectivity index (χ0v) is 10.7. The van der Waals surface area contributed by atoms with Gasteiger partial charge >= 0.3 is 0 Å². The molecule has 0 spiro atoms. The van der Waals surface area contributed by atoms with E-state index in [0.717, 1.165) is 18.2 Å². The Morgan fingerprint density at radius 1 is 1.11 bits per heavy atom. The summed E-state index contributed by atoms with van der Waals surface area (Å²) in [6.07, 6.45) is 0. The predicted octanol–water partition coefficient (Wildman–Crippen LogP) is 3.23. The van der Waals surface area contributed by atoms with Gasteiger partial charge in [-0.3, -0.25) is 0 Å². The van der Waals surface area contributed by atoms with Gasteiger partial charge in [-0.25, -0.2) is 8.78 Å². The Morgan fingerprint density at radius 3 is 2.53 bits per heavy atom. The van der Waals surface area contributed by atoms with Gasteiger partial charge in [0.1, 0.15) is 23.0 Å². The summed E-state index contributed by atoms with van der Waals surface area (Å²) in [7, 11) is 1.50. The molecule has 0 radical (unpaired) electrons. The lowest BCUT2D eigenvalue weighted by atomic mass is 9.87. The lowest BCUT2D eigenvalue weighted by Crippen LogP contribution is -2.24. The third-order valence-corrected chi connectivity index (χ3v) is 3.08. The number of hydrogen-bond acceptors (Lipinski definition) is 2. The fraction of sp³-hybridized carbons (Fsp3) is 0.200. The molecule has 0 saturated heterocycles. The van der Waals surface area contributed by atoms with Gasteiger partial charge < -0.3 is 9.84 Å². The second kappa shape index (κ2) is 4.97. The summed E-state index contributed by atoms with van der Waals surface area (Å²) in [5.74, 6) is -0.719. The molecule has 4 heteroatoms. The van der Waals surface area contributed by atoms with Crippen molar-refractivity contribution in [2.24, 2.45) is 0 Å². The van der Waals surface area contributed by atoms with E-state index >= 15 is 0 Å². The Morgan fingerprint density at radius 2 is 1.84 bits per heavy atom. The summed E-state index contributed by atoms with van der Waals surface area (Å²) < 4.78 is 32.1. The Balaban J connectivity index is 2.54. The normalized spacial score (nSPS) is 13.9. The molecule has 0 fully saturated rings. The van der Waals surface area contributed by atoms with Crippen LogP contribution >= 0.6 is 0 Å². The molecule has 0 amide bonds. The van der Waals surface area contributed by atoms with Crippen molar-refractivity contribution in [3.63, 3.8) is 0 Å². The van der Waals surface area contributed by atoms with E-state index in [1.807, 2.05) is 0 Å². The van der Waals surface area contributed by atoms with Crippen molar-refractivity contribution in [2.45, 2.75) is 12.5 Å². The van der Waals surface area contributed by atoms with Crippen LogP contribution in [0.25, 0.3) is 0 Å². The van der Waals surface area contributed by atoms with E-state index in [2.05, 4.69) is 0 Å². The first-order chi connectivity index (χ1) is 8.95. The third kappa shape index (κ3) is 2.58. The van der Waals surface area contributed by atoms with E-state index in [9.17, 15) is 13.9 Å². The molecular weight excluding hydrogens is 250 g/mol. The van der Waals surface area contributed by atoms with Gasteiger partial charge in [0.05, 0.1) is 7.11 Å². The molecule has 2 aromatic rings. The van der Waals surface area contributed by atoms with Crippen molar-refractivity contribution < 1.29 is 18.6 Å². The Kier molecular flexibility index (Phi) is 3.53.